The van der Waals surface area contributed by atoms with Crippen LogP contribution in [0.1, 0.15) is 39.5 Å². The molecule has 0 heteroatoms. The normalized spacial score (nSPS) is 24.5. The summed E-state index contributed by atoms with van der Waals surface area (Å²) in [6.07, 6.45) is 7.51. The molecule has 0 saturated carbocycles. The monoisotopic (exact) mass is 150 g/mol. The van der Waals surface area contributed by atoms with Gasteiger partial charge >= 0.3 is 0 Å². The maximum absolute atomic E-state index is 4.00. The van der Waals surface area contributed by atoms with E-state index in [2.05, 4.69) is 26.5 Å². The summed E-state index contributed by atoms with van der Waals surface area (Å²) in [5.41, 5.74) is 3.00. The van der Waals surface area contributed by atoms with Crippen molar-refractivity contribution in [3.05, 3.63) is 23.8 Å². The maximum atomic E-state index is 4.00. The van der Waals surface area contributed by atoms with Crippen molar-refractivity contribution in [2.45, 2.75) is 39.5 Å². The smallest absolute Gasteiger partial charge is 0.0171 e. The van der Waals surface area contributed by atoms with Gasteiger partial charge in [-0.15, -0.1) is 0 Å². The first kappa shape index (κ1) is 8.58. The van der Waals surface area contributed by atoms with Crippen LogP contribution in [-0.4, -0.2) is 0 Å². The van der Waals surface area contributed by atoms with Gasteiger partial charge in [0.05, 0.1) is 0 Å². The highest BCUT2D eigenvalue weighted by molar-refractivity contribution is 5.11. The molecule has 0 spiro atoms. The molecule has 62 valence electrons. The molecule has 0 aromatic heterocycles. The highest BCUT2D eigenvalue weighted by Crippen LogP contribution is 2.28. The lowest BCUT2D eigenvalue weighted by Gasteiger charge is -2.21. The Morgan fingerprint density at radius 2 is 2.45 bits per heavy atom. The first-order chi connectivity index (χ1) is 5.24. The molecular formula is C11H18. The second-order valence-electron chi connectivity index (χ2n) is 3.53. The van der Waals surface area contributed by atoms with Crippen molar-refractivity contribution in [2.75, 3.05) is 0 Å². The molecule has 0 aromatic rings. The highest BCUT2D eigenvalue weighted by atomic mass is 14.2. The number of rotatable bonds is 2. The summed E-state index contributed by atoms with van der Waals surface area (Å²) in [6, 6.07) is 0. The molecule has 1 rings (SSSR count). The van der Waals surface area contributed by atoms with E-state index in [1.165, 1.54) is 31.3 Å². The van der Waals surface area contributed by atoms with Crippen LogP contribution in [0.5, 0.6) is 0 Å². The molecule has 0 aromatic carbocycles. The molecule has 0 nitrogen and oxygen atoms in total. The first-order valence-electron chi connectivity index (χ1n) is 4.57. The van der Waals surface area contributed by atoms with E-state index < -0.39 is 0 Å². The van der Waals surface area contributed by atoms with Gasteiger partial charge in [-0.2, -0.15) is 0 Å². The zero-order valence-electron chi connectivity index (χ0n) is 7.69. The van der Waals surface area contributed by atoms with E-state index in [0.717, 1.165) is 5.92 Å². The summed E-state index contributed by atoms with van der Waals surface area (Å²) in [4.78, 5) is 0. The van der Waals surface area contributed by atoms with Gasteiger partial charge in [-0.3, -0.25) is 0 Å². The van der Waals surface area contributed by atoms with Gasteiger partial charge in [0.25, 0.3) is 0 Å². The predicted molar refractivity (Wildman–Crippen MR) is 50.5 cm³/mol. The average Bonchev–Trinajstić information content (AvgIpc) is 2.05. The third kappa shape index (κ3) is 2.21. The van der Waals surface area contributed by atoms with E-state index >= 15 is 0 Å². The molecule has 0 saturated heterocycles. The second-order valence-corrected chi connectivity index (χ2v) is 3.53. The SMILES string of the molecule is C=C(C)[C@@H]1CC=C(CC)CC1. The summed E-state index contributed by atoms with van der Waals surface area (Å²) in [5.74, 6) is 0.769. The second kappa shape index (κ2) is 3.75. The lowest BCUT2D eigenvalue weighted by molar-refractivity contribution is 0.534. The zero-order valence-corrected chi connectivity index (χ0v) is 7.69. The number of hydrogen-bond acceptors (Lipinski definition) is 0. The molecule has 0 aliphatic heterocycles. The Labute approximate surface area is 70.0 Å². The van der Waals surface area contributed by atoms with Gasteiger partial charge in [0, 0.05) is 0 Å². The molecule has 1 atom stereocenters. The van der Waals surface area contributed by atoms with Crippen LogP contribution in [0.4, 0.5) is 0 Å². The van der Waals surface area contributed by atoms with Crippen molar-refractivity contribution in [2.24, 2.45) is 5.92 Å². The van der Waals surface area contributed by atoms with E-state index in [-0.39, 0.29) is 0 Å². The fourth-order valence-electron chi connectivity index (χ4n) is 1.66. The van der Waals surface area contributed by atoms with Crippen molar-refractivity contribution < 1.29 is 0 Å². The van der Waals surface area contributed by atoms with E-state index in [0.29, 0.717) is 0 Å². The number of allylic oxidation sites excluding steroid dienone is 3. The van der Waals surface area contributed by atoms with Crippen LogP contribution < -0.4 is 0 Å². The zero-order chi connectivity index (χ0) is 8.27. The van der Waals surface area contributed by atoms with Crippen LogP contribution in [0.3, 0.4) is 0 Å². The summed E-state index contributed by atoms with van der Waals surface area (Å²) in [5, 5.41) is 0. The fourth-order valence-corrected chi connectivity index (χ4v) is 1.66. The Kier molecular flexibility index (Phi) is 2.92. The Hall–Kier alpha value is -0.520. The molecule has 0 radical (unpaired) electrons. The highest BCUT2D eigenvalue weighted by Gasteiger charge is 2.13. The van der Waals surface area contributed by atoms with Crippen molar-refractivity contribution in [3.63, 3.8) is 0 Å². The molecule has 1 aliphatic carbocycles. The van der Waals surface area contributed by atoms with E-state index in [4.69, 9.17) is 0 Å². The van der Waals surface area contributed by atoms with Crippen LogP contribution >= 0.6 is 0 Å². The molecule has 1 aliphatic rings. The van der Waals surface area contributed by atoms with Crippen molar-refractivity contribution in [1.29, 1.82) is 0 Å². The largest absolute Gasteiger partial charge is 0.0998 e. The topological polar surface area (TPSA) is 0 Å². The molecule has 0 N–H and O–H groups in total. The molecule has 0 unspecified atom stereocenters. The predicted octanol–water partition coefficient (Wildman–Crippen LogP) is 3.70. The van der Waals surface area contributed by atoms with Crippen molar-refractivity contribution in [3.8, 4) is 0 Å². The van der Waals surface area contributed by atoms with Crippen LogP contribution in [0, 0.1) is 5.92 Å². The third-order valence-corrected chi connectivity index (χ3v) is 2.66. The Balaban J connectivity index is 2.47. The Morgan fingerprint density at radius 1 is 1.73 bits per heavy atom. The first-order valence-corrected chi connectivity index (χ1v) is 4.57. The average molecular weight is 150 g/mol. The van der Waals surface area contributed by atoms with Crippen LogP contribution in [0.25, 0.3) is 0 Å². The molecule has 0 fully saturated rings. The molecule has 0 amide bonds. The van der Waals surface area contributed by atoms with Gasteiger partial charge in [-0.05, 0) is 38.5 Å². The van der Waals surface area contributed by atoms with E-state index in [9.17, 15) is 0 Å². The van der Waals surface area contributed by atoms with Crippen molar-refractivity contribution >= 4 is 0 Å². The minimum Gasteiger partial charge on any atom is -0.0998 e. The lowest BCUT2D eigenvalue weighted by Crippen LogP contribution is -2.05. The van der Waals surface area contributed by atoms with Gasteiger partial charge in [-0.1, -0.05) is 30.7 Å². The van der Waals surface area contributed by atoms with Crippen LogP contribution in [0.2, 0.25) is 0 Å². The minimum absolute atomic E-state index is 0.769. The standard InChI is InChI=1S/C11H18/c1-4-10-5-7-11(8-6-10)9(2)3/h5,11H,2,4,6-8H2,1,3H3/t11-/m1/s1. The van der Waals surface area contributed by atoms with Gasteiger partial charge in [0.1, 0.15) is 0 Å². The van der Waals surface area contributed by atoms with E-state index in [1.807, 2.05) is 0 Å². The quantitative estimate of drug-likeness (QED) is 0.526. The molecular weight excluding hydrogens is 132 g/mol. The minimum atomic E-state index is 0.769. The molecule has 0 heterocycles. The Morgan fingerprint density at radius 3 is 2.82 bits per heavy atom. The van der Waals surface area contributed by atoms with Gasteiger partial charge in [0.2, 0.25) is 0 Å². The van der Waals surface area contributed by atoms with Gasteiger partial charge < -0.3 is 0 Å². The Bertz CT molecular complexity index is 174. The summed E-state index contributed by atoms with van der Waals surface area (Å²) in [6.45, 7) is 8.39. The van der Waals surface area contributed by atoms with Gasteiger partial charge in [-0.25, -0.2) is 0 Å². The number of hydrogen-bond donors (Lipinski definition) is 0. The molecule has 11 heavy (non-hydrogen) atoms. The fraction of sp³-hybridized carbons (Fsp3) is 0.636. The van der Waals surface area contributed by atoms with Crippen LogP contribution in [0.15, 0.2) is 23.8 Å². The summed E-state index contributed by atoms with van der Waals surface area (Å²) >= 11 is 0. The van der Waals surface area contributed by atoms with Gasteiger partial charge in [0.15, 0.2) is 0 Å². The molecule has 0 bridgehead atoms. The third-order valence-electron chi connectivity index (χ3n) is 2.66. The summed E-state index contributed by atoms with van der Waals surface area (Å²) in [7, 11) is 0. The van der Waals surface area contributed by atoms with E-state index in [1.54, 1.807) is 5.57 Å². The van der Waals surface area contributed by atoms with Crippen LogP contribution in [-0.2, 0) is 0 Å². The summed E-state index contributed by atoms with van der Waals surface area (Å²) < 4.78 is 0. The maximum Gasteiger partial charge on any atom is -0.0171 e. The lowest BCUT2D eigenvalue weighted by atomic mass is 9.85. The van der Waals surface area contributed by atoms with Crippen molar-refractivity contribution in [1.82, 2.24) is 0 Å².